The fourth-order valence-electron chi connectivity index (χ4n) is 7.82. The minimum absolute atomic E-state index is 0.137. The smallest absolute Gasteiger partial charge is 0.0973 e. The molecule has 0 saturated heterocycles. The molecule has 3 nitrogen and oxygen atoms in total. The highest BCUT2D eigenvalue weighted by molar-refractivity contribution is 6.10. The van der Waals surface area contributed by atoms with Crippen LogP contribution in [-0.4, -0.2) is 14.5 Å². The van der Waals surface area contributed by atoms with E-state index in [1.54, 1.807) is 0 Å². The molecule has 0 unspecified atom stereocenters. The van der Waals surface area contributed by atoms with Crippen LogP contribution < -0.4 is 0 Å². The first-order valence-electron chi connectivity index (χ1n) is 16.7. The van der Waals surface area contributed by atoms with Crippen LogP contribution in [0, 0.1) is 0 Å². The molecule has 1 aliphatic rings. The molecule has 3 heteroatoms. The maximum absolute atomic E-state index is 5.20. The third kappa shape index (κ3) is 4.41. The van der Waals surface area contributed by atoms with Gasteiger partial charge in [0, 0.05) is 27.6 Å². The summed E-state index contributed by atoms with van der Waals surface area (Å²) in [6, 6.07) is 46.0. The lowest BCUT2D eigenvalue weighted by Crippen LogP contribution is -2.33. The zero-order valence-corrected chi connectivity index (χ0v) is 27.4. The van der Waals surface area contributed by atoms with E-state index < -0.39 is 0 Å². The molecule has 9 rings (SSSR count). The minimum Gasteiger partial charge on any atom is -0.309 e. The molecular formula is C44H37N3. The van der Waals surface area contributed by atoms with E-state index in [2.05, 4.69) is 135 Å². The standard InChI is InChI=1S/C44H37N3/c1-43(2)23-24-44(3,4)36-27-40-34(26-35(36)43)33-13-7-10-16-39(33)47(40)32-21-19-29(20-22-32)41-42(46-38-15-9-8-14-37(38)45-41)31-18-17-28-11-5-6-12-30(28)25-31/h5-22,25-27H,23-24H2,1-4H3. The fraction of sp³-hybridized carbons (Fsp3) is 0.182. The fourth-order valence-corrected chi connectivity index (χ4v) is 7.82. The summed E-state index contributed by atoms with van der Waals surface area (Å²) in [5.41, 5.74) is 12.6. The number of rotatable bonds is 3. The predicted octanol–water partition coefficient (Wildman–Crippen LogP) is 11.6. The summed E-state index contributed by atoms with van der Waals surface area (Å²) < 4.78 is 2.45. The van der Waals surface area contributed by atoms with Crippen molar-refractivity contribution >= 4 is 43.6 Å². The van der Waals surface area contributed by atoms with Crippen LogP contribution in [0.25, 0.3) is 71.8 Å². The molecule has 0 amide bonds. The van der Waals surface area contributed by atoms with Crippen LogP contribution in [0.5, 0.6) is 0 Å². The van der Waals surface area contributed by atoms with Crippen LogP contribution in [0.4, 0.5) is 0 Å². The Hall–Kier alpha value is -5.28. The van der Waals surface area contributed by atoms with Gasteiger partial charge < -0.3 is 4.57 Å². The topological polar surface area (TPSA) is 30.7 Å². The van der Waals surface area contributed by atoms with Gasteiger partial charge in [-0.15, -0.1) is 0 Å². The average Bonchev–Trinajstić information content (AvgIpc) is 3.43. The highest BCUT2D eigenvalue weighted by Gasteiger charge is 2.37. The molecule has 6 aromatic carbocycles. The van der Waals surface area contributed by atoms with E-state index in [0.29, 0.717) is 0 Å². The number of benzene rings is 6. The molecule has 2 heterocycles. The number of fused-ring (bicyclic) bond motifs is 6. The van der Waals surface area contributed by atoms with Gasteiger partial charge in [0.05, 0.1) is 33.5 Å². The third-order valence-electron chi connectivity index (χ3n) is 10.6. The predicted molar refractivity (Wildman–Crippen MR) is 198 cm³/mol. The van der Waals surface area contributed by atoms with Crippen molar-refractivity contribution in [2.24, 2.45) is 0 Å². The molecule has 0 bridgehead atoms. The number of nitrogens with zero attached hydrogens (tertiary/aromatic N) is 3. The lowest BCUT2D eigenvalue weighted by molar-refractivity contribution is 0.332. The van der Waals surface area contributed by atoms with Gasteiger partial charge in [0.25, 0.3) is 0 Å². The Morgan fingerprint density at radius 1 is 0.489 bits per heavy atom. The third-order valence-corrected chi connectivity index (χ3v) is 10.6. The molecule has 1 aliphatic carbocycles. The molecule has 8 aromatic rings. The molecule has 0 N–H and O–H groups in total. The van der Waals surface area contributed by atoms with Crippen molar-refractivity contribution < 1.29 is 0 Å². The molecule has 0 saturated carbocycles. The molecule has 0 radical (unpaired) electrons. The minimum atomic E-state index is 0.137. The van der Waals surface area contributed by atoms with Crippen molar-refractivity contribution in [3.63, 3.8) is 0 Å². The first-order valence-corrected chi connectivity index (χ1v) is 16.7. The van der Waals surface area contributed by atoms with Gasteiger partial charge in [0.1, 0.15) is 0 Å². The molecule has 0 aliphatic heterocycles. The SMILES string of the molecule is CC1(C)CCC(C)(C)c2cc3c(cc21)c1ccccc1n3-c1ccc(-c2nc3ccccc3nc2-c2ccc3ccccc3c2)cc1. The van der Waals surface area contributed by atoms with Gasteiger partial charge in [-0.1, -0.05) is 107 Å². The van der Waals surface area contributed by atoms with Crippen molar-refractivity contribution in [3.8, 4) is 28.2 Å². The molecule has 0 fully saturated rings. The van der Waals surface area contributed by atoms with E-state index >= 15 is 0 Å². The largest absolute Gasteiger partial charge is 0.309 e. The zero-order valence-electron chi connectivity index (χ0n) is 27.4. The van der Waals surface area contributed by atoms with Crippen molar-refractivity contribution in [1.82, 2.24) is 14.5 Å². The summed E-state index contributed by atoms with van der Waals surface area (Å²) in [6.07, 6.45) is 2.40. The lowest BCUT2D eigenvalue weighted by atomic mass is 9.63. The van der Waals surface area contributed by atoms with Crippen LogP contribution in [0.2, 0.25) is 0 Å². The summed E-state index contributed by atoms with van der Waals surface area (Å²) in [6.45, 7) is 9.64. The summed E-state index contributed by atoms with van der Waals surface area (Å²) in [5.74, 6) is 0. The van der Waals surface area contributed by atoms with E-state index in [-0.39, 0.29) is 10.8 Å². The van der Waals surface area contributed by atoms with Crippen LogP contribution in [0.15, 0.2) is 127 Å². The van der Waals surface area contributed by atoms with Crippen molar-refractivity contribution in [2.75, 3.05) is 0 Å². The molecule has 2 aromatic heterocycles. The van der Waals surface area contributed by atoms with E-state index in [1.165, 1.54) is 56.5 Å². The van der Waals surface area contributed by atoms with E-state index in [9.17, 15) is 0 Å². The molecule has 228 valence electrons. The monoisotopic (exact) mass is 607 g/mol. The number of aromatic nitrogens is 3. The Morgan fingerprint density at radius 3 is 1.79 bits per heavy atom. The van der Waals surface area contributed by atoms with Gasteiger partial charge in [-0.25, -0.2) is 9.97 Å². The average molecular weight is 608 g/mol. The van der Waals surface area contributed by atoms with Crippen LogP contribution in [0.3, 0.4) is 0 Å². The second-order valence-corrected chi connectivity index (χ2v) is 14.6. The second-order valence-electron chi connectivity index (χ2n) is 14.6. The maximum Gasteiger partial charge on any atom is 0.0973 e. The van der Waals surface area contributed by atoms with E-state index in [1.807, 2.05) is 24.3 Å². The Labute approximate surface area is 275 Å². The van der Waals surface area contributed by atoms with Crippen molar-refractivity contribution in [1.29, 1.82) is 0 Å². The van der Waals surface area contributed by atoms with Crippen LogP contribution in [-0.2, 0) is 10.8 Å². The molecule has 0 atom stereocenters. The zero-order chi connectivity index (χ0) is 31.9. The Morgan fingerprint density at radius 2 is 1.06 bits per heavy atom. The van der Waals surface area contributed by atoms with Gasteiger partial charge in [-0.05, 0) is 94.1 Å². The number of hydrogen-bond acceptors (Lipinski definition) is 2. The summed E-state index contributed by atoms with van der Waals surface area (Å²) in [4.78, 5) is 10.4. The van der Waals surface area contributed by atoms with Gasteiger partial charge >= 0.3 is 0 Å². The van der Waals surface area contributed by atoms with Crippen molar-refractivity contribution in [3.05, 3.63) is 139 Å². The molecule has 47 heavy (non-hydrogen) atoms. The van der Waals surface area contributed by atoms with Crippen molar-refractivity contribution in [2.45, 2.75) is 51.4 Å². The van der Waals surface area contributed by atoms with Gasteiger partial charge in [0.2, 0.25) is 0 Å². The van der Waals surface area contributed by atoms with Gasteiger partial charge in [0.15, 0.2) is 0 Å². The quantitative estimate of drug-likeness (QED) is 0.200. The first kappa shape index (κ1) is 28.0. The summed E-state index contributed by atoms with van der Waals surface area (Å²) >= 11 is 0. The van der Waals surface area contributed by atoms with Gasteiger partial charge in [-0.3, -0.25) is 0 Å². The second kappa shape index (κ2) is 10.1. The first-order chi connectivity index (χ1) is 22.8. The lowest BCUT2D eigenvalue weighted by Gasteiger charge is -2.42. The van der Waals surface area contributed by atoms with E-state index in [4.69, 9.17) is 9.97 Å². The van der Waals surface area contributed by atoms with Gasteiger partial charge in [-0.2, -0.15) is 0 Å². The maximum atomic E-state index is 5.20. The summed E-state index contributed by atoms with van der Waals surface area (Å²) in [5, 5.41) is 5.04. The number of hydrogen-bond donors (Lipinski definition) is 0. The van der Waals surface area contributed by atoms with E-state index in [0.717, 1.165) is 39.2 Å². The highest BCUT2D eigenvalue weighted by Crippen LogP contribution is 2.48. The Bertz CT molecular complexity index is 2510. The van der Waals surface area contributed by atoms with Crippen LogP contribution >= 0.6 is 0 Å². The normalized spacial score (nSPS) is 15.4. The van der Waals surface area contributed by atoms with Crippen LogP contribution in [0.1, 0.15) is 51.7 Å². The highest BCUT2D eigenvalue weighted by atomic mass is 15.0. The molecular weight excluding hydrogens is 571 g/mol. The summed E-state index contributed by atoms with van der Waals surface area (Å²) in [7, 11) is 0. The molecule has 0 spiro atoms. The number of para-hydroxylation sites is 3. The Balaban J connectivity index is 1.23. The Kier molecular flexibility index (Phi) is 6.02.